The number of non-ortho nitro benzene ring substituents is 1. The monoisotopic (exact) mass is 315 g/mol. The van der Waals surface area contributed by atoms with E-state index in [0.29, 0.717) is 5.56 Å². The summed E-state index contributed by atoms with van der Waals surface area (Å²) in [6, 6.07) is 10.1. The molecule has 0 atom stereocenters. The fourth-order valence-electron chi connectivity index (χ4n) is 1.79. The number of nitro benzene ring substituents is 1. The first-order chi connectivity index (χ1) is 11.0. The van der Waals surface area contributed by atoms with E-state index in [9.17, 15) is 20.0 Å². The van der Waals surface area contributed by atoms with Crippen LogP contribution in [0.5, 0.6) is 11.5 Å². The number of amides is 1. The second-order valence-electron chi connectivity index (χ2n) is 4.40. The highest BCUT2D eigenvalue weighted by molar-refractivity contribution is 5.95. The van der Waals surface area contributed by atoms with Gasteiger partial charge in [0.1, 0.15) is 0 Å². The second kappa shape index (κ2) is 7.03. The van der Waals surface area contributed by atoms with E-state index in [-0.39, 0.29) is 22.7 Å². The summed E-state index contributed by atoms with van der Waals surface area (Å²) in [7, 11) is 1.42. The van der Waals surface area contributed by atoms with Crippen LogP contribution in [0, 0.1) is 10.1 Å². The van der Waals surface area contributed by atoms with Gasteiger partial charge in [0, 0.05) is 23.3 Å². The number of hydrazone groups is 1. The second-order valence-corrected chi connectivity index (χ2v) is 4.40. The van der Waals surface area contributed by atoms with Crippen molar-refractivity contribution in [1.29, 1.82) is 0 Å². The molecule has 8 heteroatoms. The molecule has 0 aliphatic heterocycles. The Labute approximate surface area is 131 Å². The molecular weight excluding hydrogens is 302 g/mol. The molecule has 0 saturated heterocycles. The Morgan fingerprint density at radius 1 is 1.35 bits per heavy atom. The van der Waals surface area contributed by atoms with Crippen LogP contribution in [-0.2, 0) is 0 Å². The molecule has 23 heavy (non-hydrogen) atoms. The average molecular weight is 315 g/mol. The molecule has 0 radical (unpaired) electrons. The van der Waals surface area contributed by atoms with Gasteiger partial charge < -0.3 is 9.84 Å². The summed E-state index contributed by atoms with van der Waals surface area (Å²) >= 11 is 0. The van der Waals surface area contributed by atoms with Crippen LogP contribution in [0.2, 0.25) is 0 Å². The number of rotatable bonds is 5. The Morgan fingerprint density at radius 3 is 2.78 bits per heavy atom. The quantitative estimate of drug-likeness (QED) is 0.498. The number of carbonyl (C=O) groups is 1. The highest BCUT2D eigenvalue weighted by Crippen LogP contribution is 2.27. The Hall–Kier alpha value is -3.42. The van der Waals surface area contributed by atoms with Crippen LogP contribution >= 0.6 is 0 Å². The van der Waals surface area contributed by atoms with Gasteiger partial charge in [0.25, 0.3) is 11.6 Å². The summed E-state index contributed by atoms with van der Waals surface area (Å²) in [6.07, 6.45) is 1.24. The van der Waals surface area contributed by atoms with E-state index in [1.54, 1.807) is 18.2 Å². The topological polar surface area (TPSA) is 114 Å². The molecule has 0 saturated carbocycles. The number of hydrogen-bond donors (Lipinski definition) is 2. The van der Waals surface area contributed by atoms with Gasteiger partial charge in [0.05, 0.1) is 18.2 Å². The number of ether oxygens (including phenoxy) is 1. The first-order valence-electron chi connectivity index (χ1n) is 6.46. The maximum Gasteiger partial charge on any atom is 0.271 e. The van der Waals surface area contributed by atoms with Gasteiger partial charge in [-0.25, -0.2) is 5.43 Å². The third-order valence-electron chi connectivity index (χ3n) is 2.94. The van der Waals surface area contributed by atoms with Crippen molar-refractivity contribution in [3.63, 3.8) is 0 Å². The summed E-state index contributed by atoms with van der Waals surface area (Å²) in [5.74, 6) is -0.436. The molecule has 0 fully saturated rings. The molecule has 0 aliphatic rings. The zero-order valence-corrected chi connectivity index (χ0v) is 12.1. The van der Waals surface area contributed by atoms with Crippen molar-refractivity contribution < 1.29 is 19.6 Å². The number of phenolic OH excluding ortho intramolecular Hbond substituents is 1. The predicted molar refractivity (Wildman–Crippen MR) is 82.8 cm³/mol. The molecule has 2 N–H and O–H groups in total. The van der Waals surface area contributed by atoms with Crippen LogP contribution in [-0.4, -0.2) is 29.3 Å². The van der Waals surface area contributed by atoms with Crippen molar-refractivity contribution in [2.45, 2.75) is 0 Å². The van der Waals surface area contributed by atoms with Gasteiger partial charge in [-0.1, -0.05) is 12.1 Å². The molecule has 0 heterocycles. The van der Waals surface area contributed by atoms with Crippen molar-refractivity contribution >= 4 is 17.8 Å². The van der Waals surface area contributed by atoms with Gasteiger partial charge in [-0.3, -0.25) is 14.9 Å². The van der Waals surface area contributed by atoms with E-state index in [1.165, 1.54) is 31.5 Å². The Kier molecular flexibility index (Phi) is 4.88. The fraction of sp³-hybridized carbons (Fsp3) is 0.0667. The van der Waals surface area contributed by atoms with Crippen molar-refractivity contribution in [1.82, 2.24) is 5.43 Å². The standard InChI is InChI=1S/C15H13N3O5/c1-23-13-7-3-5-11(14(13)19)9-16-17-15(20)10-4-2-6-12(8-10)18(21)22/h2-9,19H,1H3,(H,17,20)/b16-9+. The third kappa shape index (κ3) is 3.82. The van der Waals surface area contributed by atoms with Crippen LogP contribution in [0.15, 0.2) is 47.6 Å². The molecule has 2 aromatic carbocycles. The van der Waals surface area contributed by atoms with Crippen LogP contribution in [0.1, 0.15) is 15.9 Å². The number of carbonyl (C=O) groups excluding carboxylic acids is 1. The molecular formula is C15H13N3O5. The molecule has 2 rings (SSSR count). The zero-order chi connectivity index (χ0) is 16.8. The maximum absolute atomic E-state index is 11.9. The highest BCUT2D eigenvalue weighted by atomic mass is 16.6. The molecule has 0 spiro atoms. The van der Waals surface area contributed by atoms with E-state index in [2.05, 4.69) is 10.5 Å². The number of nitro groups is 1. The summed E-state index contributed by atoms with van der Waals surface area (Å²) < 4.78 is 4.96. The molecule has 118 valence electrons. The minimum absolute atomic E-state index is 0.103. The van der Waals surface area contributed by atoms with Crippen LogP contribution in [0.3, 0.4) is 0 Å². The van der Waals surface area contributed by atoms with Gasteiger partial charge in [-0.2, -0.15) is 5.10 Å². The average Bonchev–Trinajstić information content (AvgIpc) is 2.56. The lowest BCUT2D eigenvalue weighted by Crippen LogP contribution is -2.17. The first kappa shape index (κ1) is 16.0. The Morgan fingerprint density at radius 2 is 2.09 bits per heavy atom. The van der Waals surface area contributed by atoms with E-state index in [4.69, 9.17) is 4.74 Å². The molecule has 2 aromatic rings. The van der Waals surface area contributed by atoms with Crippen LogP contribution in [0.25, 0.3) is 0 Å². The van der Waals surface area contributed by atoms with Crippen molar-refractivity contribution in [2.75, 3.05) is 7.11 Å². The maximum atomic E-state index is 11.9. The Balaban J connectivity index is 2.10. The van der Waals surface area contributed by atoms with Gasteiger partial charge >= 0.3 is 0 Å². The lowest BCUT2D eigenvalue weighted by molar-refractivity contribution is -0.384. The minimum atomic E-state index is -0.604. The zero-order valence-electron chi connectivity index (χ0n) is 12.1. The molecule has 0 unspecified atom stereocenters. The Bertz CT molecular complexity index is 773. The summed E-state index contributed by atoms with van der Waals surface area (Å²) in [6.45, 7) is 0. The number of phenols is 1. The van der Waals surface area contributed by atoms with E-state index in [0.717, 1.165) is 6.07 Å². The number of hydrogen-bond acceptors (Lipinski definition) is 6. The number of nitrogens with zero attached hydrogens (tertiary/aromatic N) is 2. The largest absolute Gasteiger partial charge is 0.504 e. The number of para-hydroxylation sites is 1. The van der Waals surface area contributed by atoms with Gasteiger partial charge in [-0.15, -0.1) is 0 Å². The molecule has 0 aliphatic carbocycles. The molecule has 8 nitrogen and oxygen atoms in total. The van der Waals surface area contributed by atoms with Crippen LogP contribution in [0.4, 0.5) is 5.69 Å². The van der Waals surface area contributed by atoms with Crippen molar-refractivity contribution in [2.24, 2.45) is 5.10 Å². The number of benzene rings is 2. The number of aromatic hydroxyl groups is 1. The van der Waals surface area contributed by atoms with E-state index >= 15 is 0 Å². The fourth-order valence-corrected chi connectivity index (χ4v) is 1.79. The SMILES string of the molecule is COc1cccc(/C=N/NC(=O)c2cccc([N+](=O)[O-])c2)c1O. The van der Waals surface area contributed by atoms with E-state index in [1.807, 2.05) is 0 Å². The lowest BCUT2D eigenvalue weighted by atomic mass is 10.2. The van der Waals surface area contributed by atoms with Gasteiger partial charge in [0.2, 0.25) is 0 Å². The van der Waals surface area contributed by atoms with Crippen LogP contribution < -0.4 is 10.2 Å². The van der Waals surface area contributed by atoms with Gasteiger partial charge in [0.15, 0.2) is 11.5 Å². The molecule has 0 aromatic heterocycles. The summed E-state index contributed by atoms with van der Waals surface area (Å²) in [4.78, 5) is 22.0. The highest BCUT2D eigenvalue weighted by Gasteiger charge is 2.11. The van der Waals surface area contributed by atoms with Crippen molar-refractivity contribution in [3.05, 3.63) is 63.7 Å². The predicted octanol–water partition coefficient (Wildman–Crippen LogP) is 2.07. The smallest absolute Gasteiger partial charge is 0.271 e. The molecule has 1 amide bonds. The minimum Gasteiger partial charge on any atom is -0.504 e. The summed E-state index contributed by atoms with van der Waals surface area (Å²) in [5.41, 5.74) is 2.50. The number of methoxy groups -OCH3 is 1. The van der Waals surface area contributed by atoms with E-state index < -0.39 is 10.8 Å². The van der Waals surface area contributed by atoms with Gasteiger partial charge in [-0.05, 0) is 18.2 Å². The normalized spacial score (nSPS) is 10.5. The third-order valence-corrected chi connectivity index (χ3v) is 2.94. The number of nitrogens with one attached hydrogen (secondary N) is 1. The van der Waals surface area contributed by atoms with Crippen molar-refractivity contribution in [3.8, 4) is 11.5 Å². The first-order valence-corrected chi connectivity index (χ1v) is 6.46. The summed E-state index contributed by atoms with van der Waals surface area (Å²) in [5, 5.41) is 24.3. The lowest BCUT2D eigenvalue weighted by Gasteiger charge is -2.05. The molecule has 0 bridgehead atoms.